The summed E-state index contributed by atoms with van der Waals surface area (Å²) < 4.78 is 11.7. The summed E-state index contributed by atoms with van der Waals surface area (Å²) in [6.45, 7) is 6.04. The van der Waals surface area contributed by atoms with Crippen LogP contribution in [0.3, 0.4) is 0 Å². The lowest BCUT2D eigenvalue weighted by Gasteiger charge is -2.37. The maximum atomic E-state index is 6.08. The van der Waals surface area contributed by atoms with Crippen LogP contribution in [-0.2, 0) is 11.3 Å². The largest absolute Gasteiger partial charge is 0.489 e. The summed E-state index contributed by atoms with van der Waals surface area (Å²) in [6.07, 6.45) is 1.36. The van der Waals surface area contributed by atoms with Gasteiger partial charge in [0.2, 0.25) is 0 Å². The van der Waals surface area contributed by atoms with Gasteiger partial charge in [0.25, 0.3) is 0 Å². The van der Waals surface area contributed by atoms with Crippen molar-refractivity contribution in [1.29, 1.82) is 0 Å². The van der Waals surface area contributed by atoms with E-state index in [0.717, 1.165) is 31.9 Å². The van der Waals surface area contributed by atoms with Gasteiger partial charge in [-0.05, 0) is 29.7 Å². The zero-order valence-electron chi connectivity index (χ0n) is 14.9. The minimum Gasteiger partial charge on any atom is -0.489 e. The quantitative estimate of drug-likeness (QED) is 0.839. The first kappa shape index (κ1) is 17.9. The number of morpholine rings is 1. The van der Waals surface area contributed by atoms with Crippen LogP contribution >= 0.6 is 0 Å². The summed E-state index contributed by atoms with van der Waals surface area (Å²) in [6, 6.07) is 18.8. The van der Waals surface area contributed by atoms with Crippen LogP contribution in [0.2, 0.25) is 0 Å². The first-order valence-corrected chi connectivity index (χ1v) is 9.12. The average molecular weight is 340 g/mol. The SMILES string of the molecule is CCC1CN(C(CN)c2ccc(OCc3ccccc3)cc2)CCO1. The van der Waals surface area contributed by atoms with Gasteiger partial charge in [-0.2, -0.15) is 0 Å². The minimum atomic E-state index is 0.237. The van der Waals surface area contributed by atoms with E-state index in [1.807, 2.05) is 30.3 Å². The number of ether oxygens (including phenoxy) is 2. The van der Waals surface area contributed by atoms with Gasteiger partial charge >= 0.3 is 0 Å². The molecule has 3 rings (SSSR count). The number of nitrogens with zero attached hydrogens (tertiary/aromatic N) is 1. The van der Waals surface area contributed by atoms with E-state index >= 15 is 0 Å². The Kier molecular flexibility index (Phi) is 6.45. The highest BCUT2D eigenvalue weighted by Gasteiger charge is 2.25. The van der Waals surface area contributed by atoms with Gasteiger partial charge in [-0.1, -0.05) is 49.4 Å². The van der Waals surface area contributed by atoms with Gasteiger partial charge in [-0.25, -0.2) is 0 Å². The minimum absolute atomic E-state index is 0.237. The normalized spacial score (nSPS) is 19.5. The van der Waals surface area contributed by atoms with Crippen LogP contribution in [0.4, 0.5) is 0 Å². The van der Waals surface area contributed by atoms with Gasteiger partial charge < -0.3 is 15.2 Å². The molecular weight excluding hydrogens is 312 g/mol. The van der Waals surface area contributed by atoms with Gasteiger partial charge in [0.1, 0.15) is 12.4 Å². The summed E-state index contributed by atoms with van der Waals surface area (Å²) in [5.74, 6) is 0.886. The highest BCUT2D eigenvalue weighted by Crippen LogP contribution is 2.25. The standard InChI is InChI=1S/C21H28N2O2/c1-2-19-15-23(12-13-24-19)21(14-22)18-8-10-20(11-9-18)25-16-17-6-4-3-5-7-17/h3-11,19,21H,2,12-16,22H2,1H3. The first-order chi connectivity index (χ1) is 12.3. The van der Waals surface area contributed by atoms with Crippen molar-refractivity contribution in [3.63, 3.8) is 0 Å². The zero-order chi connectivity index (χ0) is 17.5. The number of nitrogens with two attached hydrogens (primary N) is 1. The maximum absolute atomic E-state index is 6.08. The van der Waals surface area contributed by atoms with Crippen LogP contribution in [0.1, 0.15) is 30.5 Å². The predicted molar refractivity (Wildman–Crippen MR) is 101 cm³/mol. The number of hydrogen-bond acceptors (Lipinski definition) is 4. The molecule has 0 aromatic heterocycles. The van der Waals surface area contributed by atoms with Crippen molar-refractivity contribution in [2.45, 2.75) is 32.1 Å². The Morgan fingerprint density at radius 1 is 1.16 bits per heavy atom. The van der Waals surface area contributed by atoms with Gasteiger partial charge in [-0.3, -0.25) is 4.90 Å². The molecule has 0 bridgehead atoms. The van der Waals surface area contributed by atoms with Crippen molar-refractivity contribution >= 4 is 0 Å². The third-order valence-corrected chi connectivity index (χ3v) is 4.80. The van der Waals surface area contributed by atoms with Crippen LogP contribution in [0.15, 0.2) is 54.6 Å². The second kappa shape index (κ2) is 8.99. The molecule has 1 fully saturated rings. The molecule has 2 N–H and O–H groups in total. The fraction of sp³-hybridized carbons (Fsp3) is 0.429. The van der Waals surface area contributed by atoms with Gasteiger partial charge in [0, 0.05) is 25.7 Å². The second-order valence-corrected chi connectivity index (χ2v) is 6.49. The molecular formula is C21H28N2O2. The lowest BCUT2D eigenvalue weighted by Crippen LogP contribution is -2.45. The number of benzene rings is 2. The van der Waals surface area contributed by atoms with Crippen LogP contribution in [0, 0.1) is 0 Å². The summed E-state index contributed by atoms with van der Waals surface area (Å²) in [5, 5.41) is 0. The van der Waals surface area contributed by atoms with E-state index in [2.05, 4.69) is 36.1 Å². The average Bonchev–Trinajstić information content (AvgIpc) is 2.69. The van der Waals surface area contributed by atoms with E-state index in [4.69, 9.17) is 15.2 Å². The summed E-state index contributed by atoms with van der Waals surface area (Å²) in [4.78, 5) is 2.44. The predicted octanol–water partition coefficient (Wildman–Crippen LogP) is 3.38. The molecule has 0 saturated carbocycles. The summed E-state index contributed by atoms with van der Waals surface area (Å²) in [5.41, 5.74) is 8.50. The van der Waals surface area contributed by atoms with E-state index in [1.165, 1.54) is 11.1 Å². The lowest BCUT2D eigenvalue weighted by molar-refractivity contribution is -0.0437. The Hall–Kier alpha value is -1.88. The molecule has 25 heavy (non-hydrogen) atoms. The maximum Gasteiger partial charge on any atom is 0.119 e. The molecule has 2 atom stereocenters. The molecule has 0 amide bonds. The van der Waals surface area contributed by atoms with Gasteiger partial charge in [-0.15, -0.1) is 0 Å². The number of hydrogen-bond donors (Lipinski definition) is 1. The number of rotatable bonds is 7. The molecule has 4 heteroatoms. The van der Waals surface area contributed by atoms with Crippen molar-refractivity contribution < 1.29 is 9.47 Å². The topological polar surface area (TPSA) is 47.7 Å². The zero-order valence-corrected chi connectivity index (χ0v) is 14.9. The summed E-state index contributed by atoms with van der Waals surface area (Å²) >= 11 is 0. The van der Waals surface area contributed by atoms with E-state index in [1.54, 1.807) is 0 Å². The van der Waals surface area contributed by atoms with E-state index in [-0.39, 0.29) is 6.04 Å². The molecule has 0 radical (unpaired) electrons. The molecule has 0 spiro atoms. The van der Waals surface area contributed by atoms with Crippen LogP contribution in [0.5, 0.6) is 5.75 Å². The second-order valence-electron chi connectivity index (χ2n) is 6.49. The fourth-order valence-electron chi connectivity index (χ4n) is 3.30. The molecule has 0 aliphatic carbocycles. The Labute approximate surface area is 150 Å². The molecule has 1 heterocycles. The Morgan fingerprint density at radius 3 is 2.60 bits per heavy atom. The molecule has 1 aliphatic rings. The van der Waals surface area contributed by atoms with Crippen LogP contribution < -0.4 is 10.5 Å². The van der Waals surface area contributed by atoms with Crippen molar-refractivity contribution in [3.8, 4) is 5.75 Å². The monoisotopic (exact) mass is 340 g/mol. The van der Waals surface area contributed by atoms with E-state index in [0.29, 0.717) is 19.3 Å². The van der Waals surface area contributed by atoms with Gasteiger partial charge in [0.15, 0.2) is 0 Å². The highest BCUT2D eigenvalue weighted by atomic mass is 16.5. The first-order valence-electron chi connectivity index (χ1n) is 9.12. The van der Waals surface area contributed by atoms with Crippen molar-refractivity contribution in [3.05, 3.63) is 65.7 Å². The molecule has 1 aliphatic heterocycles. The van der Waals surface area contributed by atoms with Crippen molar-refractivity contribution in [2.75, 3.05) is 26.2 Å². The Bertz CT molecular complexity index is 630. The fourth-order valence-corrected chi connectivity index (χ4v) is 3.30. The molecule has 2 unspecified atom stereocenters. The van der Waals surface area contributed by atoms with Crippen molar-refractivity contribution in [2.24, 2.45) is 5.73 Å². The van der Waals surface area contributed by atoms with E-state index in [9.17, 15) is 0 Å². The molecule has 134 valence electrons. The van der Waals surface area contributed by atoms with Gasteiger partial charge in [0.05, 0.1) is 12.7 Å². The van der Waals surface area contributed by atoms with E-state index < -0.39 is 0 Å². The smallest absolute Gasteiger partial charge is 0.119 e. The Morgan fingerprint density at radius 2 is 1.92 bits per heavy atom. The third kappa shape index (κ3) is 4.82. The highest BCUT2D eigenvalue weighted by molar-refractivity contribution is 5.30. The van der Waals surface area contributed by atoms with Crippen LogP contribution in [0.25, 0.3) is 0 Å². The summed E-state index contributed by atoms with van der Waals surface area (Å²) in [7, 11) is 0. The van der Waals surface area contributed by atoms with Crippen LogP contribution in [-0.4, -0.2) is 37.2 Å². The third-order valence-electron chi connectivity index (χ3n) is 4.80. The Balaban J connectivity index is 1.61. The molecule has 2 aromatic carbocycles. The lowest BCUT2D eigenvalue weighted by atomic mass is 10.0. The molecule has 2 aromatic rings. The van der Waals surface area contributed by atoms with Crippen molar-refractivity contribution in [1.82, 2.24) is 4.90 Å². The molecule has 4 nitrogen and oxygen atoms in total. The molecule has 1 saturated heterocycles.